The van der Waals surface area contributed by atoms with Gasteiger partial charge in [-0.1, -0.05) is 6.07 Å². The number of ether oxygens (including phenoxy) is 2. The molecule has 0 atom stereocenters. The number of carbonyl (C=O) groups is 1. The van der Waals surface area contributed by atoms with Gasteiger partial charge in [0, 0.05) is 22.7 Å². The van der Waals surface area contributed by atoms with E-state index in [0.29, 0.717) is 5.69 Å². The molecule has 124 valence electrons. The van der Waals surface area contributed by atoms with E-state index in [1.807, 2.05) is 57.2 Å². The molecule has 1 aromatic heterocycles. The van der Waals surface area contributed by atoms with Gasteiger partial charge in [-0.2, -0.15) is 0 Å². The summed E-state index contributed by atoms with van der Waals surface area (Å²) in [6, 6.07) is 11.5. The second-order valence-electron chi connectivity index (χ2n) is 6.57. The van der Waals surface area contributed by atoms with Crippen molar-refractivity contribution < 1.29 is 14.3 Å². The maximum atomic E-state index is 11.9. The van der Waals surface area contributed by atoms with Gasteiger partial charge in [0.15, 0.2) is 0 Å². The molecule has 3 rings (SSSR count). The number of anilines is 1. The molecule has 0 radical (unpaired) electrons. The maximum absolute atomic E-state index is 11.9. The molecule has 2 aromatic carbocycles. The van der Waals surface area contributed by atoms with E-state index in [9.17, 15) is 4.79 Å². The van der Waals surface area contributed by atoms with E-state index in [1.165, 1.54) is 0 Å². The normalized spacial score (nSPS) is 11.5. The predicted molar refractivity (Wildman–Crippen MR) is 95.7 cm³/mol. The number of aromatic nitrogens is 1. The van der Waals surface area contributed by atoms with Crippen molar-refractivity contribution in [3.63, 3.8) is 0 Å². The summed E-state index contributed by atoms with van der Waals surface area (Å²) in [6.45, 7) is 5.48. The molecule has 0 aliphatic rings. The quantitative estimate of drug-likeness (QED) is 0.691. The number of benzene rings is 2. The fourth-order valence-electron chi connectivity index (χ4n) is 2.52. The van der Waals surface area contributed by atoms with Crippen molar-refractivity contribution >= 4 is 33.5 Å². The molecular weight excluding hydrogens is 304 g/mol. The number of carbonyl (C=O) groups excluding carboxylic acids is 1. The minimum Gasteiger partial charge on any atom is -0.497 e. The Hall–Kier alpha value is -2.82. The Kier molecular flexibility index (Phi) is 4.01. The number of methoxy groups -OCH3 is 1. The van der Waals surface area contributed by atoms with Gasteiger partial charge in [-0.25, -0.2) is 4.79 Å². The highest BCUT2D eigenvalue weighted by Gasteiger charge is 2.16. The number of nitrogens with zero attached hydrogens (tertiary/aromatic N) is 1. The van der Waals surface area contributed by atoms with Crippen LogP contribution in [-0.2, 0) is 4.74 Å². The minimum absolute atomic E-state index is 0.479. The van der Waals surface area contributed by atoms with Crippen molar-refractivity contribution in [2.75, 3.05) is 12.4 Å². The van der Waals surface area contributed by atoms with Crippen LogP contribution in [-0.4, -0.2) is 23.8 Å². The van der Waals surface area contributed by atoms with Gasteiger partial charge in [0.1, 0.15) is 11.4 Å². The van der Waals surface area contributed by atoms with Crippen molar-refractivity contribution in [1.29, 1.82) is 0 Å². The maximum Gasteiger partial charge on any atom is 0.412 e. The molecule has 0 saturated heterocycles. The number of rotatable bonds is 2. The van der Waals surface area contributed by atoms with Crippen molar-refractivity contribution in [3.8, 4) is 5.75 Å². The summed E-state index contributed by atoms with van der Waals surface area (Å²) < 4.78 is 10.5. The van der Waals surface area contributed by atoms with E-state index >= 15 is 0 Å². The average Bonchev–Trinajstić information content (AvgIpc) is 2.52. The fourth-order valence-corrected chi connectivity index (χ4v) is 2.52. The molecule has 24 heavy (non-hydrogen) atoms. The molecule has 0 aliphatic carbocycles. The first-order valence-electron chi connectivity index (χ1n) is 7.72. The van der Waals surface area contributed by atoms with Crippen LogP contribution in [0.15, 0.2) is 42.6 Å². The first-order chi connectivity index (χ1) is 11.4. The molecule has 1 amide bonds. The molecule has 0 unspecified atom stereocenters. The van der Waals surface area contributed by atoms with Crippen molar-refractivity contribution in [3.05, 3.63) is 42.6 Å². The average molecular weight is 324 g/mol. The fraction of sp³-hybridized carbons (Fsp3) is 0.263. The van der Waals surface area contributed by atoms with Crippen LogP contribution in [0, 0.1) is 0 Å². The van der Waals surface area contributed by atoms with Gasteiger partial charge in [0.2, 0.25) is 0 Å². The van der Waals surface area contributed by atoms with Crippen LogP contribution < -0.4 is 10.1 Å². The molecule has 5 heteroatoms. The lowest BCUT2D eigenvalue weighted by Crippen LogP contribution is -2.27. The van der Waals surface area contributed by atoms with Crippen LogP contribution in [0.5, 0.6) is 5.75 Å². The molecule has 0 aliphatic heterocycles. The third-order valence-corrected chi connectivity index (χ3v) is 3.53. The zero-order chi connectivity index (χ0) is 17.3. The molecule has 1 heterocycles. The molecule has 0 saturated carbocycles. The summed E-state index contributed by atoms with van der Waals surface area (Å²) in [6.07, 6.45) is 1.32. The van der Waals surface area contributed by atoms with Gasteiger partial charge in [-0.15, -0.1) is 0 Å². The molecule has 0 bridgehead atoms. The van der Waals surface area contributed by atoms with Crippen LogP contribution in [0.1, 0.15) is 20.8 Å². The van der Waals surface area contributed by atoms with Gasteiger partial charge in [0.25, 0.3) is 0 Å². The third kappa shape index (κ3) is 3.40. The first-order valence-corrected chi connectivity index (χ1v) is 7.72. The second kappa shape index (κ2) is 6.00. The van der Waals surface area contributed by atoms with Crippen LogP contribution in [0.25, 0.3) is 21.7 Å². The summed E-state index contributed by atoms with van der Waals surface area (Å²) in [5.41, 5.74) is 0.924. The van der Waals surface area contributed by atoms with E-state index in [4.69, 9.17) is 9.47 Å². The van der Waals surface area contributed by atoms with Gasteiger partial charge in [-0.3, -0.25) is 10.3 Å². The van der Waals surface area contributed by atoms with Crippen LogP contribution in [0.2, 0.25) is 0 Å². The number of hydrogen-bond donors (Lipinski definition) is 1. The largest absolute Gasteiger partial charge is 0.497 e. The van der Waals surface area contributed by atoms with Gasteiger partial charge in [-0.05, 0) is 56.5 Å². The van der Waals surface area contributed by atoms with Crippen molar-refractivity contribution in [1.82, 2.24) is 4.98 Å². The number of hydrogen-bond acceptors (Lipinski definition) is 4. The molecule has 5 nitrogen and oxygen atoms in total. The van der Waals surface area contributed by atoms with E-state index in [2.05, 4.69) is 10.3 Å². The van der Waals surface area contributed by atoms with Crippen LogP contribution in [0.3, 0.4) is 0 Å². The third-order valence-electron chi connectivity index (χ3n) is 3.53. The first kappa shape index (κ1) is 16.1. The van der Waals surface area contributed by atoms with Crippen molar-refractivity contribution in [2.24, 2.45) is 0 Å². The van der Waals surface area contributed by atoms with Crippen LogP contribution in [0.4, 0.5) is 10.5 Å². The Morgan fingerprint density at radius 3 is 2.54 bits per heavy atom. The molecular formula is C19H20N2O3. The Balaban J connectivity index is 1.94. The lowest BCUT2D eigenvalue weighted by atomic mass is 10.1. The Morgan fingerprint density at radius 2 is 1.83 bits per heavy atom. The summed E-state index contributed by atoms with van der Waals surface area (Å²) in [5, 5.41) is 5.85. The number of amides is 1. The Morgan fingerprint density at radius 1 is 1.08 bits per heavy atom. The molecule has 0 fully saturated rings. The van der Waals surface area contributed by atoms with E-state index in [-0.39, 0.29) is 0 Å². The monoisotopic (exact) mass is 324 g/mol. The standard InChI is InChI=1S/C19H20N2O3/c1-19(2,3)24-18(22)21-13-5-7-16-15-8-6-14(23-4)9-12(15)11-20-17(16)10-13/h5-11H,1-4H3,(H,21,22). The topological polar surface area (TPSA) is 60.5 Å². The number of pyridine rings is 1. The lowest BCUT2D eigenvalue weighted by molar-refractivity contribution is 0.0636. The van der Waals surface area contributed by atoms with Gasteiger partial charge in [0.05, 0.1) is 12.6 Å². The lowest BCUT2D eigenvalue weighted by Gasteiger charge is -2.19. The highest BCUT2D eigenvalue weighted by atomic mass is 16.6. The summed E-state index contributed by atoms with van der Waals surface area (Å²) in [7, 11) is 1.64. The molecule has 1 N–H and O–H groups in total. The predicted octanol–water partition coefficient (Wildman–Crippen LogP) is 4.74. The molecule has 3 aromatic rings. The van der Waals surface area contributed by atoms with Crippen LogP contribution >= 0.6 is 0 Å². The summed E-state index contributed by atoms with van der Waals surface area (Å²) >= 11 is 0. The second-order valence-corrected chi connectivity index (χ2v) is 6.57. The Bertz CT molecular complexity index is 914. The number of fused-ring (bicyclic) bond motifs is 3. The summed E-state index contributed by atoms with van der Waals surface area (Å²) in [4.78, 5) is 16.4. The molecule has 0 spiro atoms. The zero-order valence-corrected chi connectivity index (χ0v) is 14.2. The Labute approximate surface area is 140 Å². The van der Waals surface area contributed by atoms with E-state index in [0.717, 1.165) is 27.4 Å². The smallest absolute Gasteiger partial charge is 0.412 e. The van der Waals surface area contributed by atoms with Crippen molar-refractivity contribution in [2.45, 2.75) is 26.4 Å². The summed E-state index contributed by atoms with van der Waals surface area (Å²) in [5.74, 6) is 0.798. The minimum atomic E-state index is -0.533. The van der Waals surface area contributed by atoms with Gasteiger partial charge >= 0.3 is 6.09 Å². The highest BCUT2D eigenvalue weighted by Crippen LogP contribution is 2.28. The zero-order valence-electron chi connectivity index (χ0n) is 14.2. The van der Waals surface area contributed by atoms with Gasteiger partial charge < -0.3 is 9.47 Å². The van der Waals surface area contributed by atoms with E-state index < -0.39 is 11.7 Å². The highest BCUT2D eigenvalue weighted by molar-refractivity contribution is 6.06. The SMILES string of the molecule is COc1ccc2c(cnc3cc(NC(=O)OC(C)(C)C)ccc32)c1. The van der Waals surface area contributed by atoms with E-state index in [1.54, 1.807) is 13.3 Å². The number of nitrogens with one attached hydrogen (secondary N) is 1.